The van der Waals surface area contributed by atoms with Crippen LogP contribution in [0.15, 0.2) is 78.9 Å². The Labute approximate surface area is 236 Å². The number of carbonyl (C=O) groups is 2. The van der Waals surface area contributed by atoms with E-state index in [1.807, 2.05) is 70.3 Å². The van der Waals surface area contributed by atoms with Crippen LogP contribution in [0.4, 0.5) is 10.1 Å². The molecule has 0 spiro atoms. The molecule has 0 unspecified atom stereocenters. The predicted molar refractivity (Wildman–Crippen MR) is 160 cm³/mol. The van der Waals surface area contributed by atoms with Gasteiger partial charge in [-0.15, -0.1) is 0 Å². The van der Waals surface area contributed by atoms with Gasteiger partial charge in [-0.25, -0.2) is 9.18 Å². The number of nitrogens with zero attached hydrogens (tertiary/aromatic N) is 1. The lowest BCUT2D eigenvalue weighted by Gasteiger charge is -2.11. The fourth-order valence-corrected chi connectivity index (χ4v) is 3.74. The zero-order chi connectivity index (χ0) is 29.5. The van der Waals surface area contributed by atoms with Crippen molar-refractivity contribution in [2.24, 2.45) is 7.05 Å². The predicted octanol–water partition coefficient (Wildman–Crippen LogP) is 7.85. The summed E-state index contributed by atoms with van der Waals surface area (Å²) < 4.78 is 26.2. The van der Waals surface area contributed by atoms with Crippen molar-refractivity contribution in [3.05, 3.63) is 107 Å². The third kappa shape index (κ3) is 8.83. The maximum atomic E-state index is 13.6. The summed E-state index contributed by atoms with van der Waals surface area (Å²) in [5.41, 5.74) is 4.83. The van der Waals surface area contributed by atoms with Gasteiger partial charge in [0.25, 0.3) is 0 Å². The fourth-order valence-electron chi connectivity index (χ4n) is 3.74. The van der Waals surface area contributed by atoms with Crippen molar-refractivity contribution in [1.29, 1.82) is 0 Å². The smallest absolute Gasteiger partial charge is 0.338 e. The molecule has 0 atom stereocenters. The SMILES string of the molecule is CC.CCCOC(=O)c1ccc(F)cc1-c1cc(C=O)c(C)n1C.CNc1ccc(OCc2ccccc2)cc1. The largest absolute Gasteiger partial charge is 0.489 e. The molecule has 212 valence electrons. The van der Waals surface area contributed by atoms with Crippen LogP contribution in [0.1, 0.15) is 59.2 Å². The average Bonchev–Trinajstić information content (AvgIpc) is 3.29. The third-order valence-corrected chi connectivity index (χ3v) is 6.01. The second-order valence-electron chi connectivity index (χ2n) is 8.62. The van der Waals surface area contributed by atoms with Gasteiger partial charge in [0.2, 0.25) is 0 Å². The number of halogens is 1. The van der Waals surface area contributed by atoms with Gasteiger partial charge < -0.3 is 19.4 Å². The Bertz CT molecular complexity index is 1350. The Morgan fingerprint density at radius 3 is 2.25 bits per heavy atom. The molecule has 40 heavy (non-hydrogen) atoms. The quantitative estimate of drug-likeness (QED) is 0.171. The number of aldehydes is 1. The van der Waals surface area contributed by atoms with Gasteiger partial charge in [-0.05, 0) is 67.4 Å². The fraction of sp³-hybridized carbons (Fsp3) is 0.273. The Morgan fingerprint density at radius 1 is 1.00 bits per heavy atom. The molecule has 1 aromatic heterocycles. The first-order chi connectivity index (χ1) is 19.4. The van der Waals surface area contributed by atoms with Crippen LogP contribution in [0.5, 0.6) is 5.75 Å². The highest BCUT2D eigenvalue weighted by atomic mass is 19.1. The second kappa shape index (κ2) is 16.5. The summed E-state index contributed by atoms with van der Waals surface area (Å²) in [6, 6.07) is 23.7. The Hall–Kier alpha value is -4.39. The highest BCUT2D eigenvalue weighted by Gasteiger charge is 2.19. The average molecular weight is 547 g/mol. The van der Waals surface area contributed by atoms with Gasteiger partial charge in [-0.1, -0.05) is 51.1 Å². The van der Waals surface area contributed by atoms with Gasteiger partial charge in [0.15, 0.2) is 6.29 Å². The minimum Gasteiger partial charge on any atom is -0.489 e. The third-order valence-electron chi connectivity index (χ3n) is 6.01. The molecule has 7 heteroatoms. The molecule has 0 aliphatic rings. The molecule has 0 saturated heterocycles. The van der Waals surface area contributed by atoms with Crippen molar-refractivity contribution in [1.82, 2.24) is 4.57 Å². The van der Waals surface area contributed by atoms with Gasteiger partial charge in [-0.2, -0.15) is 0 Å². The molecule has 0 aliphatic heterocycles. The molecule has 3 aromatic carbocycles. The van der Waals surface area contributed by atoms with Gasteiger partial charge in [0, 0.05) is 42.3 Å². The van der Waals surface area contributed by atoms with Crippen LogP contribution in [0, 0.1) is 12.7 Å². The normalized spacial score (nSPS) is 9.88. The van der Waals surface area contributed by atoms with Crippen molar-refractivity contribution >= 4 is 17.9 Å². The summed E-state index contributed by atoms with van der Waals surface area (Å²) in [5.74, 6) is -0.0558. The Kier molecular flexibility index (Phi) is 13.2. The number of nitrogens with one attached hydrogen (secondary N) is 1. The lowest BCUT2D eigenvalue weighted by atomic mass is 10.0. The van der Waals surface area contributed by atoms with Gasteiger partial charge in [0.05, 0.1) is 12.2 Å². The highest BCUT2D eigenvalue weighted by Crippen LogP contribution is 2.29. The first-order valence-corrected chi connectivity index (χ1v) is 13.4. The summed E-state index contributed by atoms with van der Waals surface area (Å²) in [7, 11) is 3.67. The number of anilines is 1. The molecule has 6 nitrogen and oxygen atoms in total. The summed E-state index contributed by atoms with van der Waals surface area (Å²) in [6.07, 6.45) is 1.45. The van der Waals surface area contributed by atoms with Crippen LogP contribution >= 0.6 is 0 Å². The minimum absolute atomic E-state index is 0.285. The second-order valence-corrected chi connectivity index (χ2v) is 8.62. The van der Waals surface area contributed by atoms with Crippen LogP contribution < -0.4 is 10.1 Å². The van der Waals surface area contributed by atoms with E-state index in [4.69, 9.17) is 9.47 Å². The Morgan fingerprint density at radius 2 is 1.68 bits per heavy atom. The Balaban J connectivity index is 0.000000275. The van der Waals surface area contributed by atoms with Crippen LogP contribution in [0.25, 0.3) is 11.3 Å². The monoisotopic (exact) mass is 546 g/mol. The lowest BCUT2D eigenvalue weighted by molar-refractivity contribution is 0.0506. The van der Waals surface area contributed by atoms with Crippen LogP contribution in [0.3, 0.4) is 0 Å². The van der Waals surface area contributed by atoms with Crippen LogP contribution in [-0.4, -0.2) is 30.5 Å². The van der Waals surface area contributed by atoms with Crippen LogP contribution in [-0.2, 0) is 18.4 Å². The van der Waals surface area contributed by atoms with Crippen molar-refractivity contribution in [2.45, 2.75) is 40.7 Å². The summed E-state index contributed by atoms with van der Waals surface area (Å²) in [4.78, 5) is 23.2. The summed E-state index contributed by atoms with van der Waals surface area (Å²) >= 11 is 0. The van der Waals surface area contributed by atoms with E-state index in [0.29, 0.717) is 36.5 Å². The number of hydrogen-bond acceptors (Lipinski definition) is 5. The van der Waals surface area contributed by atoms with E-state index < -0.39 is 11.8 Å². The maximum Gasteiger partial charge on any atom is 0.338 e. The maximum absolute atomic E-state index is 13.6. The van der Waals surface area contributed by atoms with Crippen molar-refractivity contribution in [3.8, 4) is 17.0 Å². The van der Waals surface area contributed by atoms with E-state index >= 15 is 0 Å². The molecule has 0 saturated carbocycles. The van der Waals surface area contributed by atoms with Crippen molar-refractivity contribution in [3.63, 3.8) is 0 Å². The van der Waals surface area contributed by atoms with Gasteiger partial charge in [-0.3, -0.25) is 4.79 Å². The van der Waals surface area contributed by atoms with Gasteiger partial charge in [0.1, 0.15) is 18.2 Å². The molecule has 0 amide bonds. The minimum atomic E-state index is -0.497. The molecule has 0 bridgehead atoms. The molecule has 1 heterocycles. The number of carbonyl (C=O) groups excluding carboxylic acids is 2. The number of benzene rings is 3. The molecule has 4 aromatic rings. The van der Waals surface area contributed by atoms with Gasteiger partial charge >= 0.3 is 5.97 Å². The summed E-state index contributed by atoms with van der Waals surface area (Å²) in [5, 5.41) is 3.07. The standard InChI is InChI=1S/C17H18FNO3.C14H15NO.C2H6/c1-4-7-22-17(21)14-6-5-13(18)9-15(14)16-8-12(10-20)11(2)19(16)3;1-15-13-7-9-14(10-8-13)16-11-12-5-3-2-4-6-12;1-2/h5-6,8-10H,4,7H2,1-3H3;2-10,15H,11H2,1H3;1-2H3. The highest BCUT2D eigenvalue weighted by molar-refractivity contribution is 5.97. The number of hydrogen-bond donors (Lipinski definition) is 1. The molecule has 4 rings (SSSR count). The lowest BCUT2D eigenvalue weighted by Crippen LogP contribution is -2.09. The molecule has 0 aliphatic carbocycles. The van der Waals surface area contributed by atoms with Crippen molar-refractivity contribution < 1.29 is 23.5 Å². The van der Waals surface area contributed by atoms with E-state index in [9.17, 15) is 14.0 Å². The first-order valence-electron chi connectivity index (χ1n) is 13.4. The number of rotatable bonds is 9. The number of aromatic nitrogens is 1. The zero-order valence-corrected chi connectivity index (χ0v) is 24.2. The molecular weight excluding hydrogens is 507 g/mol. The topological polar surface area (TPSA) is 69.6 Å². The number of esters is 1. The van der Waals surface area contributed by atoms with E-state index in [1.165, 1.54) is 23.8 Å². The first kappa shape index (κ1) is 31.8. The number of ether oxygens (including phenoxy) is 2. The van der Waals surface area contributed by atoms with E-state index in [0.717, 1.165) is 23.4 Å². The molecule has 1 N–H and O–H groups in total. The molecule has 0 radical (unpaired) electrons. The molecular formula is C33H39FN2O4. The van der Waals surface area contributed by atoms with E-state index in [1.54, 1.807) is 24.6 Å². The van der Waals surface area contributed by atoms with Crippen molar-refractivity contribution in [2.75, 3.05) is 19.0 Å². The van der Waals surface area contributed by atoms with E-state index in [2.05, 4.69) is 17.4 Å². The molecule has 0 fully saturated rings. The summed E-state index contributed by atoms with van der Waals surface area (Å²) in [6.45, 7) is 8.61. The van der Waals surface area contributed by atoms with E-state index in [-0.39, 0.29) is 5.56 Å². The van der Waals surface area contributed by atoms with Crippen LogP contribution in [0.2, 0.25) is 0 Å². The zero-order valence-electron chi connectivity index (χ0n) is 24.2.